The van der Waals surface area contributed by atoms with Crippen LogP contribution in [0, 0.1) is 17.8 Å². The number of rotatable bonds is 3. The van der Waals surface area contributed by atoms with E-state index >= 15 is 0 Å². The largest absolute Gasteiger partial charge is 0.397 e. The van der Waals surface area contributed by atoms with Gasteiger partial charge in [-0.3, -0.25) is 5.10 Å². The maximum atomic E-state index is 6.21. The molecule has 1 aromatic heterocycles. The van der Waals surface area contributed by atoms with Gasteiger partial charge in [0.2, 0.25) is 0 Å². The lowest BCUT2D eigenvalue weighted by Crippen LogP contribution is -2.29. The van der Waals surface area contributed by atoms with Crippen LogP contribution in [0.4, 0.5) is 11.4 Å². The molecule has 0 radical (unpaired) electrons. The lowest BCUT2D eigenvalue weighted by atomic mass is 9.88. The number of fused-ring (bicyclic) bond motifs is 3. The van der Waals surface area contributed by atoms with Gasteiger partial charge in [0.1, 0.15) is 0 Å². The number of hydrogen-bond acceptors (Lipinski definition) is 3. The molecule has 106 valence electrons. The van der Waals surface area contributed by atoms with Crippen LogP contribution < -0.4 is 10.6 Å². The number of anilines is 2. The van der Waals surface area contributed by atoms with E-state index in [-0.39, 0.29) is 0 Å². The standard InChI is InChI=1S/C16H22N4/c1-20(9-13-5-10-2-3-11(13)4-10)16-7-15-12(6-14(16)17)8-18-19-15/h6-8,10-11,13H,2-5,9,17H2,1H3,(H,18,19). The van der Waals surface area contributed by atoms with Crippen LogP contribution in [0.3, 0.4) is 0 Å². The molecule has 0 amide bonds. The summed E-state index contributed by atoms with van der Waals surface area (Å²) in [6.45, 7) is 1.13. The first-order valence-electron chi connectivity index (χ1n) is 7.64. The number of nitrogens with one attached hydrogen (secondary N) is 1. The normalized spacial score (nSPS) is 28.4. The number of hydrogen-bond donors (Lipinski definition) is 2. The Bertz CT molecular complexity index is 632. The van der Waals surface area contributed by atoms with Crippen molar-refractivity contribution in [3.05, 3.63) is 18.3 Å². The number of H-pyrrole nitrogens is 1. The number of nitrogens with two attached hydrogens (primary N) is 1. The molecule has 1 aromatic carbocycles. The van der Waals surface area contributed by atoms with Crippen molar-refractivity contribution < 1.29 is 0 Å². The monoisotopic (exact) mass is 270 g/mol. The van der Waals surface area contributed by atoms with Crippen LogP contribution in [0.5, 0.6) is 0 Å². The van der Waals surface area contributed by atoms with E-state index in [1.165, 1.54) is 25.7 Å². The van der Waals surface area contributed by atoms with Crippen molar-refractivity contribution in [3.63, 3.8) is 0 Å². The van der Waals surface area contributed by atoms with Crippen LogP contribution in [0.2, 0.25) is 0 Å². The Morgan fingerprint density at radius 3 is 3.00 bits per heavy atom. The van der Waals surface area contributed by atoms with Gasteiger partial charge in [0.25, 0.3) is 0 Å². The lowest BCUT2D eigenvalue weighted by Gasteiger charge is -2.29. The number of aromatic amines is 1. The van der Waals surface area contributed by atoms with Crippen molar-refractivity contribution in [3.8, 4) is 0 Å². The molecule has 2 saturated carbocycles. The maximum Gasteiger partial charge on any atom is 0.0672 e. The molecule has 0 spiro atoms. The maximum absolute atomic E-state index is 6.21. The average molecular weight is 270 g/mol. The first kappa shape index (κ1) is 12.1. The highest BCUT2D eigenvalue weighted by molar-refractivity contribution is 5.88. The Kier molecular flexibility index (Phi) is 2.65. The Morgan fingerprint density at radius 2 is 2.25 bits per heavy atom. The molecule has 3 unspecified atom stereocenters. The van der Waals surface area contributed by atoms with E-state index in [2.05, 4.69) is 28.2 Å². The van der Waals surface area contributed by atoms with Crippen LogP contribution in [-0.2, 0) is 0 Å². The fraction of sp³-hybridized carbons (Fsp3) is 0.562. The molecule has 2 aromatic rings. The predicted molar refractivity (Wildman–Crippen MR) is 82.7 cm³/mol. The number of benzene rings is 1. The van der Waals surface area contributed by atoms with Crippen molar-refractivity contribution in [1.82, 2.24) is 10.2 Å². The summed E-state index contributed by atoms with van der Waals surface area (Å²) < 4.78 is 0. The molecule has 3 N–H and O–H groups in total. The molecule has 4 rings (SSSR count). The topological polar surface area (TPSA) is 57.9 Å². The molecule has 2 fully saturated rings. The molecule has 1 heterocycles. The predicted octanol–water partition coefficient (Wildman–Crippen LogP) is 3.02. The Labute approximate surface area is 119 Å². The first-order valence-corrected chi connectivity index (χ1v) is 7.64. The van der Waals surface area contributed by atoms with Crippen molar-refractivity contribution in [2.45, 2.75) is 25.7 Å². The van der Waals surface area contributed by atoms with Crippen LogP contribution in [0.15, 0.2) is 18.3 Å². The number of nitrogens with zero attached hydrogens (tertiary/aromatic N) is 2. The highest BCUT2D eigenvalue weighted by Crippen LogP contribution is 2.48. The summed E-state index contributed by atoms with van der Waals surface area (Å²) in [5.41, 5.74) is 9.26. The molecule has 2 aliphatic rings. The van der Waals surface area contributed by atoms with Crippen molar-refractivity contribution >= 4 is 22.3 Å². The highest BCUT2D eigenvalue weighted by Gasteiger charge is 2.39. The molecular formula is C16H22N4. The fourth-order valence-electron chi connectivity index (χ4n) is 4.38. The molecule has 4 nitrogen and oxygen atoms in total. The zero-order chi connectivity index (χ0) is 13.7. The molecule has 3 atom stereocenters. The van der Waals surface area contributed by atoms with Gasteiger partial charge in [0, 0.05) is 19.0 Å². The summed E-state index contributed by atoms with van der Waals surface area (Å²) >= 11 is 0. The van der Waals surface area contributed by atoms with Gasteiger partial charge in [0.15, 0.2) is 0 Å². The van der Waals surface area contributed by atoms with E-state index in [1.54, 1.807) is 0 Å². The fourth-order valence-corrected chi connectivity index (χ4v) is 4.38. The second-order valence-electron chi connectivity index (χ2n) is 6.68. The SMILES string of the molecule is CN(CC1CC2CCC1C2)c1cc2[nH]ncc2cc1N. The van der Waals surface area contributed by atoms with E-state index < -0.39 is 0 Å². The molecule has 2 bridgehead atoms. The number of nitrogen functional groups attached to an aromatic ring is 1. The van der Waals surface area contributed by atoms with Crippen LogP contribution in [0.25, 0.3) is 10.9 Å². The molecule has 0 saturated heterocycles. The molecule has 4 heteroatoms. The first-order chi connectivity index (χ1) is 9.70. The summed E-state index contributed by atoms with van der Waals surface area (Å²) in [4.78, 5) is 2.33. The van der Waals surface area contributed by atoms with E-state index in [4.69, 9.17) is 5.73 Å². The Morgan fingerprint density at radius 1 is 1.35 bits per heavy atom. The van der Waals surface area contributed by atoms with E-state index in [0.717, 1.165) is 46.6 Å². The lowest BCUT2D eigenvalue weighted by molar-refractivity contribution is 0.337. The molecular weight excluding hydrogens is 248 g/mol. The Balaban J connectivity index is 1.57. The molecule has 0 aliphatic heterocycles. The summed E-state index contributed by atoms with van der Waals surface area (Å²) in [5, 5.41) is 8.19. The van der Waals surface area contributed by atoms with Gasteiger partial charge >= 0.3 is 0 Å². The van der Waals surface area contributed by atoms with Gasteiger partial charge < -0.3 is 10.6 Å². The third-order valence-electron chi connectivity index (χ3n) is 5.39. The second kappa shape index (κ2) is 4.40. The van der Waals surface area contributed by atoms with Gasteiger partial charge in [-0.1, -0.05) is 6.42 Å². The van der Waals surface area contributed by atoms with Crippen LogP contribution in [0.1, 0.15) is 25.7 Å². The zero-order valence-electron chi connectivity index (χ0n) is 12.0. The van der Waals surface area contributed by atoms with Crippen LogP contribution in [-0.4, -0.2) is 23.8 Å². The third-order valence-corrected chi connectivity index (χ3v) is 5.39. The average Bonchev–Trinajstić information content (AvgIpc) is 3.12. The van der Waals surface area contributed by atoms with Crippen molar-refractivity contribution in [2.24, 2.45) is 17.8 Å². The third kappa shape index (κ3) is 1.86. The minimum Gasteiger partial charge on any atom is -0.397 e. The minimum absolute atomic E-state index is 0.851. The van der Waals surface area contributed by atoms with E-state index in [0.29, 0.717) is 0 Å². The van der Waals surface area contributed by atoms with Gasteiger partial charge in [-0.05, 0) is 49.1 Å². The second-order valence-corrected chi connectivity index (χ2v) is 6.68. The van der Waals surface area contributed by atoms with E-state index in [9.17, 15) is 0 Å². The Hall–Kier alpha value is -1.71. The zero-order valence-corrected chi connectivity index (χ0v) is 12.0. The molecule has 20 heavy (non-hydrogen) atoms. The smallest absolute Gasteiger partial charge is 0.0672 e. The van der Waals surface area contributed by atoms with E-state index in [1.807, 2.05) is 12.3 Å². The summed E-state index contributed by atoms with van der Waals surface area (Å²) in [7, 11) is 2.17. The molecule has 2 aliphatic carbocycles. The quantitative estimate of drug-likeness (QED) is 0.843. The van der Waals surface area contributed by atoms with Gasteiger partial charge in [-0.15, -0.1) is 0 Å². The van der Waals surface area contributed by atoms with Crippen molar-refractivity contribution in [1.29, 1.82) is 0 Å². The van der Waals surface area contributed by atoms with Gasteiger partial charge in [-0.25, -0.2) is 0 Å². The van der Waals surface area contributed by atoms with Gasteiger partial charge in [0.05, 0.1) is 23.1 Å². The van der Waals surface area contributed by atoms with Crippen molar-refractivity contribution in [2.75, 3.05) is 24.2 Å². The summed E-state index contributed by atoms with van der Waals surface area (Å²) in [6.07, 6.45) is 7.62. The summed E-state index contributed by atoms with van der Waals surface area (Å²) in [5.74, 6) is 2.82. The highest BCUT2D eigenvalue weighted by atomic mass is 15.1. The summed E-state index contributed by atoms with van der Waals surface area (Å²) in [6, 6.07) is 4.15. The van der Waals surface area contributed by atoms with Crippen LogP contribution >= 0.6 is 0 Å². The van der Waals surface area contributed by atoms with Gasteiger partial charge in [-0.2, -0.15) is 5.10 Å². The minimum atomic E-state index is 0.851. The number of aromatic nitrogens is 2.